The average molecular weight is 313 g/mol. The number of aryl methyl sites for hydroxylation is 2. The Hall–Kier alpha value is -0.590. The average Bonchev–Trinajstić information content (AvgIpc) is 2.70. The van der Waals surface area contributed by atoms with Gasteiger partial charge in [-0.2, -0.15) is 0 Å². The molecule has 0 spiro atoms. The van der Waals surface area contributed by atoms with Gasteiger partial charge in [0.25, 0.3) is 0 Å². The van der Waals surface area contributed by atoms with Gasteiger partial charge in [-0.1, -0.05) is 41.7 Å². The largest absolute Gasteiger partial charge is 0.322 e. The van der Waals surface area contributed by atoms with Gasteiger partial charge in [0, 0.05) is 10.9 Å². The van der Waals surface area contributed by atoms with Crippen molar-refractivity contribution in [3.63, 3.8) is 0 Å². The summed E-state index contributed by atoms with van der Waals surface area (Å²) in [5.41, 5.74) is 3.40. The fourth-order valence-corrected chi connectivity index (χ4v) is 7.19. The number of rotatable bonds is 1. The molecule has 0 amide bonds. The van der Waals surface area contributed by atoms with E-state index in [1.807, 2.05) is 24.0 Å². The maximum Gasteiger partial charge on any atom is 0.153 e. The second-order valence-corrected chi connectivity index (χ2v) is 9.25. The molecule has 0 aliphatic carbocycles. The lowest BCUT2D eigenvalue weighted by Crippen LogP contribution is -2.37. The van der Waals surface area contributed by atoms with Crippen molar-refractivity contribution < 1.29 is 8.42 Å². The zero-order valence-electron chi connectivity index (χ0n) is 10.8. The number of fused-ring (bicyclic) bond motifs is 1. The molecule has 2 fully saturated rings. The van der Waals surface area contributed by atoms with Crippen molar-refractivity contribution in [1.82, 2.24) is 0 Å². The molecule has 0 aromatic heterocycles. The molecule has 0 saturated carbocycles. The minimum absolute atomic E-state index is 0.00362. The fourth-order valence-electron chi connectivity index (χ4n) is 2.82. The molecule has 2 aliphatic heterocycles. The minimum atomic E-state index is -2.91. The Bertz CT molecular complexity index is 654. The van der Waals surface area contributed by atoms with Gasteiger partial charge < -0.3 is 4.90 Å². The predicted octanol–water partition coefficient (Wildman–Crippen LogP) is 2.31. The van der Waals surface area contributed by atoms with Crippen LogP contribution in [0.3, 0.4) is 0 Å². The van der Waals surface area contributed by atoms with E-state index >= 15 is 0 Å². The van der Waals surface area contributed by atoms with Gasteiger partial charge in [0.15, 0.2) is 9.84 Å². The maximum atomic E-state index is 11.8. The highest BCUT2D eigenvalue weighted by Crippen LogP contribution is 2.41. The SMILES string of the molecule is Cc1ccc(N2C(=S)S[C@H]3CS(=O)(=O)C[C@H]32)c(C)c1. The molecule has 3 nitrogen and oxygen atoms in total. The number of nitrogens with zero attached hydrogens (tertiary/aromatic N) is 1. The topological polar surface area (TPSA) is 37.4 Å². The number of hydrogen-bond acceptors (Lipinski definition) is 4. The molecule has 2 aliphatic rings. The summed E-state index contributed by atoms with van der Waals surface area (Å²) in [6.45, 7) is 4.10. The number of benzene rings is 1. The molecule has 0 radical (unpaired) electrons. The van der Waals surface area contributed by atoms with Gasteiger partial charge in [0.05, 0.1) is 17.5 Å². The Labute approximate surface area is 123 Å². The molecule has 2 heterocycles. The molecule has 1 aromatic rings. The van der Waals surface area contributed by atoms with E-state index in [1.165, 1.54) is 17.3 Å². The van der Waals surface area contributed by atoms with Crippen molar-refractivity contribution in [3.8, 4) is 0 Å². The molecule has 19 heavy (non-hydrogen) atoms. The van der Waals surface area contributed by atoms with Crippen molar-refractivity contribution in [3.05, 3.63) is 29.3 Å². The van der Waals surface area contributed by atoms with Gasteiger partial charge >= 0.3 is 0 Å². The van der Waals surface area contributed by atoms with Gasteiger partial charge in [0.1, 0.15) is 4.32 Å². The standard InChI is InChI=1S/C13H15NO2S3/c1-8-3-4-10(9(2)5-8)14-11-6-19(15,16)7-12(11)18-13(14)17/h3-5,11-12H,6-7H2,1-2H3/t11-,12+/m1/s1. The van der Waals surface area contributed by atoms with Crippen LogP contribution >= 0.6 is 24.0 Å². The number of thioether (sulfide) groups is 1. The first-order chi connectivity index (χ1) is 8.87. The first-order valence-electron chi connectivity index (χ1n) is 6.15. The highest BCUT2D eigenvalue weighted by Gasteiger charge is 2.48. The predicted molar refractivity (Wildman–Crippen MR) is 84.8 cm³/mol. The van der Waals surface area contributed by atoms with E-state index < -0.39 is 9.84 Å². The van der Waals surface area contributed by atoms with E-state index in [-0.39, 0.29) is 22.8 Å². The van der Waals surface area contributed by atoms with Gasteiger partial charge in [-0.05, 0) is 25.5 Å². The van der Waals surface area contributed by atoms with Crippen LogP contribution in [0.5, 0.6) is 0 Å². The zero-order chi connectivity index (χ0) is 13.8. The van der Waals surface area contributed by atoms with Crippen LogP contribution in [-0.2, 0) is 9.84 Å². The monoisotopic (exact) mass is 313 g/mol. The first kappa shape index (κ1) is 13.4. The molecule has 2 saturated heterocycles. The lowest BCUT2D eigenvalue weighted by molar-refractivity contribution is 0.601. The Morgan fingerprint density at radius 1 is 1.32 bits per heavy atom. The van der Waals surface area contributed by atoms with Crippen LogP contribution in [0.1, 0.15) is 11.1 Å². The van der Waals surface area contributed by atoms with E-state index in [4.69, 9.17) is 12.2 Å². The molecular formula is C13H15NO2S3. The number of sulfone groups is 1. The summed E-state index contributed by atoms with van der Waals surface area (Å²) in [5.74, 6) is 0.474. The third-order valence-corrected chi connectivity index (χ3v) is 7.26. The second-order valence-electron chi connectivity index (χ2n) is 5.23. The smallest absolute Gasteiger partial charge is 0.153 e. The summed E-state index contributed by atoms with van der Waals surface area (Å²) in [4.78, 5) is 2.05. The molecule has 1 aromatic carbocycles. The molecule has 102 valence electrons. The van der Waals surface area contributed by atoms with Gasteiger partial charge in [-0.15, -0.1) is 0 Å². The van der Waals surface area contributed by atoms with E-state index in [2.05, 4.69) is 13.0 Å². The van der Waals surface area contributed by atoms with Crippen LogP contribution in [0.2, 0.25) is 0 Å². The Balaban J connectivity index is 2.02. The molecule has 0 N–H and O–H groups in total. The maximum absolute atomic E-state index is 11.8. The van der Waals surface area contributed by atoms with Crippen LogP contribution in [0.4, 0.5) is 5.69 Å². The van der Waals surface area contributed by atoms with Crippen LogP contribution in [-0.4, -0.2) is 35.5 Å². The van der Waals surface area contributed by atoms with Crippen LogP contribution in [0.25, 0.3) is 0 Å². The fraction of sp³-hybridized carbons (Fsp3) is 0.462. The van der Waals surface area contributed by atoms with Gasteiger partial charge in [-0.3, -0.25) is 0 Å². The van der Waals surface area contributed by atoms with Crippen molar-refractivity contribution in [1.29, 1.82) is 0 Å². The third-order valence-electron chi connectivity index (χ3n) is 3.66. The number of thiocarbonyl (C=S) groups is 1. The van der Waals surface area contributed by atoms with Crippen molar-refractivity contribution in [2.45, 2.75) is 25.1 Å². The van der Waals surface area contributed by atoms with E-state index in [0.29, 0.717) is 0 Å². The van der Waals surface area contributed by atoms with Crippen LogP contribution < -0.4 is 4.90 Å². The van der Waals surface area contributed by atoms with E-state index in [0.717, 1.165) is 15.6 Å². The summed E-state index contributed by atoms with van der Waals surface area (Å²) in [6.07, 6.45) is 0. The first-order valence-corrected chi connectivity index (χ1v) is 9.26. The zero-order valence-corrected chi connectivity index (χ0v) is 13.2. The molecule has 6 heteroatoms. The Morgan fingerprint density at radius 3 is 2.74 bits per heavy atom. The molecule has 3 rings (SSSR count). The van der Waals surface area contributed by atoms with Crippen molar-refractivity contribution in [2.75, 3.05) is 16.4 Å². The molecule has 0 bridgehead atoms. The minimum Gasteiger partial charge on any atom is -0.322 e. The lowest BCUT2D eigenvalue weighted by Gasteiger charge is -2.26. The second kappa shape index (κ2) is 4.46. The van der Waals surface area contributed by atoms with Crippen molar-refractivity contribution in [2.24, 2.45) is 0 Å². The third kappa shape index (κ3) is 2.30. The molecule has 2 atom stereocenters. The molecular weight excluding hydrogens is 298 g/mol. The molecule has 0 unspecified atom stereocenters. The van der Waals surface area contributed by atoms with Gasteiger partial charge in [-0.25, -0.2) is 8.42 Å². The summed E-state index contributed by atoms with van der Waals surface area (Å²) >= 11 is 6.97. The Kier molecular flexibility index (Phi) is 3.15. The van der Waals surface area contributed by atoms with Crippen LogP contribution in [0, 0.1) is 13.8 Å². The quantitative estimate of drug-likeness (QED) is 0.744. The highest BCUT2D eigenvalue weighted by atomic mass is 32.2. The number of hydrogen-bond donors (Lipinski definition) is 0. The summed E-state index contributed by atoms with van der Waals surface area (Å²) in [7, 11) is -2.91. The summed E-state index contributed by atoms with van der Waals surface area (Å²) in [6, 6.07) is 6.21. The Morgan fingerprint density at radius 2 is 2.05 bits per heavy atom. The van der Waals surface area contributed by atoms with Crippen LogP contribution in [0.15, 0.2) is 18.2 Å². The summed E-state index contributed by atoms with van der Waals surface area (Å²) in [5, 5.41) is 0.0956. The lowest BCUT2D eigenvalue weighted by atomic mass is 10.1. The van der Waals surface area contributed by atoms with E-state index in [9.17, 15) is 8.42 Å². The normalized spacial score (nSPS) is 28.7. The summed E-state index contributed by atoms with van der Waals surface area (Å²) < 4.78 is 24.4. The number of anilines is 1. The van der Waals surface area contributed by atoms with Gasteiger partial charge in [0.2, 0.25) is 0 Å². The van der Waals surface area contributed by atoms with E-state index in [1.54, 1.807) is 0 Å². The van der Waals surface area contributed by atoms with Crippen molar-refractivity contribution >= 4 is 43.8 Å². The highest BCUT2D eigenvalue weighted by molar-refractivity contribution is 8.24.